The molecule has 2 N–H and O–H groups in total. The molecule has 12 nitrogen and oxygen atoms in total. The Balaban J connectivity index is 1.09. The van der Waals surface area contributed by atoms with Gasteiger partial charge >= 0.3 is 0 Å². The summed E-state index contributed by atoms with van der Waals surface area (Å²) in [5.41, 5.74) is 4.81. The number of fused-ring (bicyclic) bond motifs is 4. The van der Waals surface area contributed by atoms with Gasteiger partial charge in [0.25, 0.3) is 0 Å². The molecule has 2 unspecified atom stereocenters. The number of hydrogen-bond acceptors (Lipinski definition) is 10. The molecular formula is C29H28N10O2. The van der Waals surface area contributed by atoms with Crippen molar-refractivity contribution < 1.29 is 9.53 Å². The minimum atomic E-state index is -0.119. The van der Waals surface area contributed by atoms with E-state index in [2.05, 4.69) is 47.4 Å². The van der Waals surface area contributed by atoms with E-state index in [1.54, 1.807) is 10.9 Å². The van der Waals surface area contributed by atoms with E-state index in [0.29, 0.717) is 40.4 Å². The van der Waals surface area contributed by atoms with Crippen molar-refractivity contribution in [2.45, 2.75) is 19.4 Å². The number of aryl methyl sites for hydroxylation is 2. The number of rotatable bonds is 7. The predicted molar refractivity (Wildman–Crippen MR) is 154 cm³/mol. The predicted octanol–water partition coefficient (Wildman–Crippen LogP) is 3.67. The average Bonchev–Trinajstić information content (AvgIpc) is 3.36. The molecule has 3 atom stereocenters. The summed E-state index contributed by atoms with van der Waals surface area (Å²) in [7, 11) is 1.86. The summed E-state index contributed by atoms with van der Waals surface area (Å²) in [5, 5.41) is 14.7. The molecule has 2 aromatic carbocycles. The third-order valence-corrected chi connectivity index (χ3v) is 7.92. The largest absolute Gasteiger partial charge is 0.457 e. The molecule has 206 valence electrons. The Bertz CT molecular complexity index is 1810. The lowest BCUT2D eigenvalue weighted by Gasteiger charge is -2.53. The monoisotopic (exact) mass is 548 g/mol. The van der Waals surface area contributed by atoms with Crippen LogP contribution in [0.15, 0.2) is 61.6 Å². The van der Waals surface area contributed by atoms with Crippen LogP contribution in [0, 0.1) is 18.8 Å². The minimum Gasteiger partial charge on any atom is -0.457 e. The number of aromatic nitrogens is 7. The van der Waals surface area contributed by atoms with E-state index in [0.717, 1.165) is 47.5 Å². The van der Waals surface area contributed by atoms with Crippen molar-refractivity contribution in [3.63, 3.8) is 0 Å². The molecule has 1 amide bonds. The lowest BCUT2D eigenvalue weighted by molar-refractivity contribution is -0.119. The summed E-state index contributed by atoms with van der Waals surface area (Å²) < 4.78 is 7.88. The Labute approximate surface area is 235 Å². The highest BCUT2D eigenvalue weighted by molar-refractivity contribution is 5.88. The standard InChI is InChI=1S/C29H28N10O2/c1-4-25(40)34-26-17-10-18(26)14-39(13-17)29-30-12-22-27(35-29)28(32-15-31-22)33-19-5-8-24(16(2)9-19)41-20-6-7-23-21(11-20)36-37-38(23)3/h4-9,11-12,15,17-18,26H,1,10,13-14H2,2-3H3,(H,34,40)(H,31,32,33)/t17-,18?,26?/m0/s1. The van der Waals surface area contributed by atoms with Gasteiger partial charge < -0.3 is 20.3 Å². The molecule has 1 aliphatic carbocycles. The van der Waals surface area contributed by atoms with E-state index < -0.39 is 0 Å². The maximum Gasteiger partial charge on any atom is 0.243 e. The van der Waals surface area contributed by atoms with Crippen LogP contribution in [0.5, 0.6) is 11.5 Å². The van der Waals surface area contributed by atoms with Crippen LogP contribution in [-0.2, 0) is 11.8 Å². The smallest absolute Gasteiger partial charge is 0.243 e. The number of carbonyl (C=O) groups is 1. The van der Waals surface area contributed by atoms with Gasteiger partial charge in [0.05, 0.1) is 11.7 Å². The van der Waals surface area contributed by atoms with Gasteiger partial charge in [-0.3, -0.25) is 4.79 Å². The summed E-state index contributed by atoms with van der Waals surface area (Å²) in [6, 6.07) is 11.8. The van der Waals surface area contributed by atoms with Gasteiger partial charge in [-0.1, -0.05) is 11.8 Å². The van der Waals surface area contributed by atoms with Crippen molar-refractivity contribution in [2.75, 3.05) is 23.3 Å². The van der Waals surface area contributed by atoms with E-state index in [9.17, 15) is 4.79 Å². The number of nitrogens with one attached hydrogen (secondary N) is 2. The quantitative estimate of drug-likeness (QED) is 0.290. The maximum atomic E-state index is 11.8. The molecule has 41 heavy (non-hydrogen) atoms. The molecule has 0 spiro atoms. The normalized spacial score (nSPS) is 19.6. The highest BCUT2D eigenvalue weighted by Gasteiger charge is 2.47. The molecule has 3 aromatic heterocycles. The molecule has 2 bridgehead atoms. The fourth-order valence-corrected chi connectivity index (χ4v) is 5.79. The molecule has 0 radical (unpaired) electrons. The summed E-state index contributed by atoms with van der Waals surface area (Å²) in [5.74, 6) is 3.28. The van der Waals surface area contributed by atoms with Gasteiger partial charge in [0.15, 0.2) is 5.82 Å². The molecule has 12 heteroatoms. The summed E-state index contributed by atoms with van der Waals surface area (Å²) >= 11 is 0. The SMILES string of the molecule is C=CC(=O)NC1C2C[C@H]1CN(c1ncc3ncnc(Nc4ccc(Oc5ccc6c(c5)nnn6C)c(C)c4)c3n1)C2. The number of amides is 1. The van der Waals surface area contributed by atoms with Crippen LogP contribution in [-0.4, -0.2) is 60.0 Å². The Morgan fingerprint density at radius 3 is 2.76 bits per heavy atom. The Hall–Kier alpha value is -5.13. The third kappa shape index (κ3) is 4.56. The topological polar surface area (TPSA) is 136 Å². The van der Waals surface area contributed by atoms with Gasteiger partial charge in [0.2, 0.25) is 11.9 Å². The van der Waals surface area contributed by atoms with Crippen molar-refractivity contribution in [2.24, 2.45) is 18.9 Å². The van der Waals surface area contributed by atoms with Gasteiger partial charge in [-0.25, -0.2) is 24.6 Å². The lowest BCUT2D eigenvalue weighted by Crippen LogP contribution is -2.64. The van der Waals surface area contributed by atoms with Gasteiger partial charge in [-0.15, -0.1) is 5.10 Å². The van der Waals surface area contributed by atoms with Crippen LogP contribution in [0.4, 0.5) is 17.5 Å². The van der Waals surface area contributed by atoms with E-state index in [1.807, 2.05) is 50.4 Å². The summed E-state index contributed by atoms with van der Waals surface area (Å²) in [6.45, 7) is 7.12. The van der Waals surface area contributed by atoms with Crippen LogP contribution in [0.25, 0.3) is 22.1 Å². The lowest BCUT2D eigenvalue weighted by atomic mass is 9.66. The number of hydrogen-bond donors (Lipinski definition) is 2. The number of nitrogens with zero attached hydrogens (tertiary/aromatic N) is 8. The second kappa shape index (κ2) is 9.81. The zero-order valence-corrected chi connectivity index (χ0v) is 22.7. The van der Waals surface area contributed by atoms with Crippen molar-refractivity contribution >= 4 is 45.4 Å². The number of ether oxygens (including phenoxy) is 1. The minimum absolute atomic E-state index is 0.119. The van der Waals surface area contributed by atoms with Gasteiger partial charge in [-0.2, -0.15) is 0 Å². The Morgan fingerprint density at radius 1 is 1.10 bits per heavy atom. The van der Waals surface area contributed by atoms with Crippen LogP contribution in [0.3, 0.4) is 0 Å². The first-order valence-electron chi connectivity index (χ1n) is 13.5. The van der Waals surface area contributed by atoms with Crippen LogP contribution in [0.2, 0.25) is 0 Å². The first-order valence-corrected chi connectivity index (χ1v) is 13.5. The van der Waals surface area contributed by atoms with Crippen LogP contribution < -0.4 is 20.3 Å². The molecule has 2 aliphatic heterocycles. The first-order chi connectivity index (χ1) is 19.9. The molecule has 2 saturated heterocycles. The molecule has 3 aliphatic rings. The van der Waals surface area contributed by atoms with Gasteiger partial charge in [0.1, 0.15) is 34.4 Å². The molecule has 8 rings (SSSR count). The number of piperidine rings is 2. The molecular weight excluding hydrogens is 520 g/mol. The fourth-order valence-electron chi connectivity index (χ4n) is 5.79. The summed E-state index contributed by atoms with van der Waals surface area (Å²) in [6.07, 6.45) is 5.66. The van der Waals surface area contributed by atoms with Crippen LogP contribution in [0.1, 0.15) is 12.0 Å². The van der Waals surface area contributed by atoms with Crippen molar-refractivity contribution in [1.82, 2.24) is 40.2 Å². The Morgan fingerprint density at radius 2 is 1.95 bits per heavy atom. The average molecular weight is 549 g/mol. The fraction of sp³-hybridized carbons (Fsp3) is 0.276. The van der Waals surface area contributed by atoms with Gasteiger partial charge in [-0.05, 0) is 67.2 Å². The second-order valence-corrected chi connectivity index (χ2v) is 10.6. The van der Waals surface area contributed by atoms with Crippen molar-refractivity contribution in [1.29, 1.82) is 0 Å². The maximum absolute atomic E-state index is 11.8. The number of carbonyl (C=O) groups excluding carboxylic acids is 1. The molecule has 1 saturated carbocycles. The molecule has 5 heterocycles. The molecule has 3 fully saturated rings. The highest BCUT2D eigenvalue weighted by Crippen LogP contribution is 2.41. The number of anilines is 3. The highest BCUT2D eigenvalue weighted by atomic mass is 16.5. The number of benzene rings is 2. The second-order valence-electron chi connectivity index (χ2n) is 10.6. The first kappa shape index (κ1) is 24.9. The Kier molecular flexibility index (Phi) is 5.95. The van der Waals surface area contributed by atoms with Crippen molar-refractivity contribution in [3.8, 4) is 11.5 Å². The van der Waals surface area contributed by atoms with E-state index in [4.69, 9.17) is 9.72 Å². The van der Waals surface area contributed by atoms with E-state index in [-0.39, 0.29) is 11.9 Å². The van der Waals surface area contributed by atoms with Crippen molar-refractivity contribution in [3.05, 3.63) is 67.1 Å². The van der Waals surface area contributed by atoms with Gasteiger partial charge in [0, 0.05) is 37.9 Å². The third-order valence-electron chi connectivity index (χ3n) is 7.92. The zero-order valence-electron chi connectivity index (χ0n) is 22.7. The summed E-state index contributed by atoms with van der Waals surface area (Å²) in [4.78, 5) is 32.3. The molecule has 5 aromatic rings. The van der Waals surface area contributed by atoms with E-state index >= 15 is 0 Å². The van der Waals surface area contributed by atoms with E-state index in [1.165, 1.54) is 12.4 Å². The zero-order chi connectivity index (χ0) is 28.1. The van der Waals surface area contributed by atoms with Crippen LogP contribution >= 0.6 is 0 Å².